The van der Waals surface area contributed by atoms with E-state index in [0.717, 1.165) is 11.1 Å². The van der Waals surface area contributed by atoms with E-state index >= 15 is 0 Å². The van der Waals surface area contributed by atoms with Gasteiger partial charge in [0.1, 0.15) is 5.82 Å². The van der Waals surface area contributed by atoms with Crippen molar-refractivity contribution >= 4 is 5.82 Å². The maximum Gasteiger partial charge on any atom is 0.129 e. The van der Waals surface area contributed by atoms with Gasteiger partial charge in [-0.25, -0.2) is 4.98 Å². The van der Waals surface area contributed by atoms with Crippen molar-refractivity contribution in [2.45, 2.75) is 39.7 Å². The molecule has 1 aromatic heterocycles. The van der Waals surface area contributed by atoms with Gasteiger partial charge in [-0.15, -0.1) is 0 Å². The van der Waals surface area contributed by atoms with Gasteiger partial charge < -0.3 is 10.8 Å². The third-order valence-corrected chi connectivity index (χ3v) is 3.02. The van der Waals surface area contributed by atoms with E-state index in [4.69, 9.17) is 5.73 Å². The maximum atomic E-state index is 10.6. The van der Waals surface area contributed by atoms with Crippen LogP contribution in [0.2, 0.25) is 0 Å². The van der Waals surface area contributed by atoms with Crippen molar-refractivity contribution < 1.29 is 5.11 Å². The topological polar surface area (TPSA) is 59.1 Å². The minimum absolute atomic E-state index is 0.119. The Hall–Kier alpha value is -1.09. The Morgan fingerprint density at radius 1 is 1.53 bits per heavy atom. The quantitative estimate of drug-likeness (QED) is 0.800. The van der Waals surface area contributed by atoms with Crippen LogP contribution < -0.4 is 5.73 Å². The fourth-order valence-corrected chi connectivity index (χ4v) is 1.84. The van der Waals surface area contributed by atoms with E-state index in [1.807, 2.05) is 33.8 Å². The van der Waals surface area contributed by atoms with Crippen molar-refractivity contribution in [2.75, 3.05) is 5.73 Å². The second kappa shape index (κ2) is 4.19. The standard InChI is InChI=1S/C12H20N2O/c1-5-12(15,8(2)3)10-6-9(4)7-14-11(10)13/h6-8,15H,5H2,1-4H3,(H2,13,14). The average molecular weight is 208 g/mol. The highest BCUT2D eigenvalue weighted by Crippen LogP contribution is 2.35. The molecule has 1 heterocycles. The van der Waals surface area contributed by atoms with E-state index < -0.39 is 5.60 Å². The number of rotatable bonds is 3. The van der Waals surface area contributed by atoms with Gasteiger partial charge in [-0.2, -0.15) is 0 Å². The van der Waals surface area contributed by atoms with Crippen molar-refractivity contribution in [2.24, 2.45) is 5.92 Å². The lowest BCUT2D eigenvalue weighted by atomic mass is 9.81. The first-order valence-electron chi connectivity index (χ1n) is 5.36. The molecule has 0 spiro atoms. The molecule has 0 saturated carbocycles. The summed E-state index contributed by atoms with van der Waals surface area (Å²) < 4.78 is 0. The summed E-state index contributed by atoms with van der Waals surface area (Å²) in [6, 6.07) is 1.92. The average Bonchev–Trinajstić information content (AvgIpc) is 2.20. The van der Waals surface area contributed by atoms with E-state index in [-0.39, 0.29) is 5.92 Å². The van der Waals surface area contributed by atoms with Gasteiger partial charge in [-0.3, -0.25) is 0 Å². The number of nitrogens with zero attached hydrogens (tertiary/aromatic N) is 1. The lowest BCUT2D eigenvalue weighted by Gasteiger charge is -2.32. The largest absolute Gasteiger partial charge is 0.385 e. The summed E-state index contributed by atoms with van der Waals surface area (Å²) in [5, 5.41) is 10.6. The molecule has 15 heavy (non-hydrogen) atoms. The SMILES string of the molecule is CCC(O)(c1cc(C)cnc1N)C(C)C. The van der Waals surface area contributed by atoms with Crippen LogP contribution in [-0.4, -0.2) is 10.1 Å². The molecule has 84 valence electrons. The van der Waals surface area contributed by atoms with Gasteiger partial charge in [0.25, 0.3) is 0 Å². The highest BCUT2D eigenvalue weighted by Gasteiger charge is 2.33. The Morgan fingerprint density at radius 2 is 2.13 bits per heavy atom. The second-order valence-corrected chi connectivity index (χ2v) is 4.38. The van der Waals surface area contributed by atoms with Crippen LogP contribution in [-0.2, 0) is 5.60 Å². The zero-order valence-electron chi connectivity index (χ0n) is 9.91. The Kier molecular flexibility index (Phi) is 3.35. The Labute approximate surface area is 91.3 Å². The molecular weight excluding hydrogens is 188 g/mol. The summed E-state index contributed by atoms with van der Waals surface area (Å²) in [6.45, 7) is 7.89. The van der Waals surface area contributed by atoms with Gasteiger partial charge in [0.2, 0.25) is 0 Å². The summed E-state index contributed by atoms with van der Waals surface area (Å²) in [7, 11) is 0. The van der Waals surface area contributed by atoms with Crippen molar-refractivity contribution in [1.82, 2.24) is 4.98 Å². The number of hydrogen-bond acceptors (Lipinski definition) is 3. The molecule has 3 heteroatoms. The Balaban J connectivity index is 3.29. The summed E-state index contributed by atoms with van der Waals surface area (Å²) in [5.74, 6) is 0.548. The molecule has 0 aliphatic carbocycles. The van der Waals surface area contributed by atoms with Crippen LogP contribution in [0.5, 0.6) is 0 Å². The van der Waals surface area contributed by atoms with Gasteiger partial charge >= 0.3 is 0 Å². The minimum atomic E-state index is -0.872. The predicted octanol–water partition coefficient (Wildman–Crippen LogP) is 2.23. The van der Waals surface area contributed by atoms with Crippen LogP contribution in [0.4, 0.5) is 5.82 Å². The molecule has 1 atom stereocenters. The molecule has 0 amide bonds. The lowest BCUT2D eigenvalue weighted by molar-refractivity contribution is -0.0135. The highest BCUT2D eigenvalue weighted by molar-refractivity contribution is 5.45. The first-order valence-corrected chi connectivity index (χ1v) is 5.36. The first kappa shape index (κ1) is 12.0. The van der Waals surface area contributed by atoms with Crippen LogP contribution in [0.15, 0.2) is 12.3 Å². The fourth-order valence-electron chi connectivity index (χ4n) is 1.84. The van der Waals surface area contributed by atoms with E-state index in [1.165, 1.54) is 0 Å². The Bertz CT molecular complexity index is 349. The van der Waals surface area contributed by atoms with Crippen LogP contribution in [0.25, 0.3) is 0 Å². The normalized spacial score (nSPS) is 15.3. The molecule has 0 bridgehead atoms. The Morgan fingerprint density at radius 3 is 2.60 bits per heavy atom. The molecule has 1 unspecified atom stereocenters. The van der Waals surface area contributed by atoms with Gasteiger partial charge in [0.15, 0.2) is 0 Å². The molecule has 3 nitrogen and oxygen atoms in total. The van der Waals surface area contributed by atoms with Crippen molar-refractivity contribution in [3.63, 3.8) is 0 Å². The summed E-state index contributed by atoms with van der Waals surface area (Å²) in [4.78, 5) is 4.09. The van der Waals surface area contributed by atoms with Gasteiger partial charge in [-0.1, -0.05) is 20.8 Å². The first-order chi connectivity index (χ1) is 6.91. The fraction of sp³-hybridized carbons (Fsp3) is 0.583. The summed E-state index contributed by atoms with van der Waals surface area (Å²) >= 11 is 0. The number of aromatic nitrogens is 1. The number of nitrogens with two attached hydrogens (primary N) is 1. The number of nitrogen functional groups attached to an aromatic ring is 1. The zero-order valence-corrected chi connectivity index (χ0v) is 9.91. The van der Waals surface area contributed by atoms with E-state index in [0.29, 0.717) is 12.2 Å². The number of aryl methyl sites for hydroxylation is 1. The molecule has 1 rings (SSSR count). The van der Waals surface area contributed by atoms with Crippen molar-refractivity contribution in [1.29, 1.82) is 0 Å². The molecular formula is C12H20N2O. The molecule has 0 aliphatic heterocycles. The minimum Gasteiger partial charge on any atom is -0.385 e. The lowest BCUT2D eigenvalue weighted by Crippen LogP contribution is -2.32. The van der Waals surface area contributed by atoms with E-state index in [1.54, 1.807) is 6.20 Å². The molecule has 1 aromatic rings. The molecule has 0 fully saturated rings. The van der Waals surface area contributed by atoms with Crippen LogP contribution in [0, 0.1) is 12.8 Å². The van der Waals surface area contributed by atoms with Gasteiger partial charge in [-0.05, 0) is 30.9 Å². The molecule has 3 N–H and O–H groups in total. The summed E-state index contributed by atoms with van der Waals surface area (Å²) in [5.41, 5.74) is 6.72. The molecule has 0 aromatic carbocycles. The predicted molar refractivity (Wildman–Crippen MR) is 62.4 cm³/mol. The maximum absolute atomic E-state index is 10.6. The third kappa shape index (κ3) is 2.12. The number of aliphatic hydroxyl groups is 1. The number of pyridine rings is 1. The van der Waals surface area contributed by atoms with Gasteiger partial charge in [0.05, 0.1) is 5.60 Å². The number of hydrogen-bond donors (Lipinski definition) is 2. The molecule has 0 aliphatic rings. The highest BCUT2D eigenvalue weighted by atomic mass is 16.3. The van der Waals surface area contributed by atoms with E-state index in [9.17, 15) is 5.11 Å². The molecule has 0 saturated heterocycles. The smallest absolute Gasteiger partial charge is 0.129 e. The monoisotopic (exact) mass is 208 g/mol. The molecule has 0 radical (unpaired) electrons. The van der Waals surface area contributed by atoms with E-state index in [2.05, 4.69) is 4.98 Å². The van der Waals surface area contributed by atoms with Gasteiger partial charge in [0, 0.05) is 11.8 Å². The van der Waals surface area contributed by atoms with Crippen LogP contribution in [0.3, 0.4) is 0 Å². The summed E-state index contributed by atoms with van der Waals surface area (Å²) in [6.07, 6.45) is 2.36. The number of anilines is 1. The van der Waals surface area contributed by atoms with Crippen molar-refractivity contribution in [3.8, 4) is 0 Å². The third-order valence-electron chi connectivity index (χ3n) is 3.02. The van der Waals surface area contributed by atoms with Crippen molar-refractivity contribution in [3.05, 3.63) is 23.4 Å². The second-order valence-electron chi connectivity index (χ2n) is 4.38. The zero-order chi connectivity index (χ0) is 11.6. The van der Waals surface area contributed by atoms with Crippen LogP contribution >= 0.6 is 0 Å². The van der Waals surface area contributed by atoms with Crippen LogP contribution in [0.1, 0.15) is 38.3 Å².